The van der Waals surface area contributed by atoms with E-state index >= 15 is 0 Å². The number of fused-ring (bicyclic) bond motifs is 2. The van der Waals surface area contributed by atoms with Crippen molar-refractivity contribution in [2.75, 3.05) is 12.4 Å². The Morgan fingerprint density at radius 3 is 2.44 bits per heavy atom. The van der Waals surface area contributed by atoms with Gasteiger partial charge in [-0.1, -0.05) is 0 Å². The predicted octanol–water partition coefficient (Wildman–Crippen LogP) is 1.51. The molecule has 4 heteroatoms. The van der Waals surface area contributed by atoms with Crippen molar-refractivity contribution in [2.24, 2.45) is 0 Å². The number of anilines is 1. The van der Waals surface area contributed by atoms with Gasteiger partial charge in [0.2, 0.25) is 0 Å². The fraction of sp³-hybridized carbons (Fsp3) is 0.667. The second kappa shape index (κ2) is 4.01. The Morgan fingerprint density at radius 1 is 1.19 bits per heavy atom. The van der Waals surface area contributed by atoms with E-state index in [2.05, 4.69) is 27.2 Å². The van der Waals surface area contributed by atoms with Crippen LogP contribution in [-0.2, 0) is 0 Å². The summed E-state index contributed by atoms with van der Waals surface area (Å²) in [6, 6.07) is 2.15. The first kappa shape index (κ1) is 10.0. The summed E-state index contributed by atoms with van der Waals surface area (Å²) in [4.78, 5) is 10.6. The molecule has 2 aliphatic rings. The first-order valence-electron chi connectivity index (χ1n) is 6.06. The molecule has 3 heterocycles. The van der Waals surface area contributed by atoms with E-state index in [4.69, 9.17) is 0 Å². The molecular formula is C12H18N4. The molecule has 2 atom stereocenters. The van der Waals surface area contributed by atoms with Gasteiger partial charge in [0.05, 0.1) is 18.1 Å². The van der Waals surface area contributed by atoms with Crippen molar-refractivity contribution in [3.8, 4) is 0 Å². The van der Waals surface area contributed by atoms with Crippen molar-refractivity contribution < 1.29 is 0 Å². The molecule has 0 radical (unpaired) electrons. The van der Waals surface area contributed by atoms with Crippen molar-refractivity contribution in [1.29, 1.82) is 0 Å². The van der Waals surface area contributed by atoms with Crippen molar-refractivity contribution in [1.82, 2.24) is 14.9 Å². The zero-order valence-corrected chi connectivity index (χ0v) is 9.63. The molecule has 1 N–H and O–H groups in total. The van der Waals surface area contributed by atoms with E-state index in [1.54, 1.807) is 6.33 Å². The van der Waals surface area contributed by atoms with Crippen LogP contribution < -0.4 is 5.32 Å². The lowest BCUT2D eigenvalue weighted by atomic mass is 9.98. The van der Waals surface area contributed by atoms with Crippen LogP contribution in [0.3, 0.4) is 0 Å². The second-order valence-corrected chi connectivity index (χ2v) is 4.99. The summed E-state index contributed by atoms with van der Waals surface area (Å²) < 4.78 is 0. The molecule has 2 fully saturated rings. The lowest BCUT2D eigenvalue weighted by molar-refractivity contribution is 0.169. The van der Waals surface area contributed by atoms with Gasteiger partial charge in [0.1, 0.15) is 6.33 Å². The van der Waals surface area contributed by atoms with Crippen LogP contribution in [0.2, 0.25) is 0 Å². The van der Waals surface area contributed by atoms with Gasteiger partial charge in [0.25, 0.3) is 0 Å². The summed E-state index contributed by atoms with van der Waals surface area (Å²) in [6.07, 6.45) is 10.5. The van der Waals surface area contributed by atoms with E-state index in [-0.39, 0.29) is 0 Å². The molecule has 2 saturated heterocycles. The minimum atomic E-state index is 0.597. The molecule has 1 aromatic heterocycles. The van der Waals surface area contributed by atoms with Crippen LogP contribution >= 0.6 is 0 Å². The van der Waals surface area contributed by atoms with Crippen LogP contribution in [0.15, 0.2) is 18.7 Å². The second-order valence-electron chi connectivity index (χ2n) is 4.99. The smallest absolute Gasteiger partial charge is 0.115 e. The number of aromatic nitrogens is 2. The summed E-state index contributed by atoms with van der Waals surface area (Å²) in [7, 11) is 2.27. The summed E-state index contributed by atoms with van der Waals surface area (Å²) in [6.45, 7) is 0. The molecule has 0 saturated carbocycles. The van der Waals surface area contributed by atoms with Gasteiger partial charge in [-0.05, 0) is 32.7 Å². The zero-order valence-electron chi connectivity index (χ0n) is 9.63. The molecular weight excluding hydrogens is 200 g/mol. The Labute approximate surface area is 96.1 Å². The number of nitrogens with one attached hydrogen (secondary N) is 1. The lowest BCUT2D eigenvalue weighted by Gasteiger charge is -2.36. The predicted molar refractivity (Wildman–Crippen MR) is 63.2 cm³/mol. The average molecular weight is 218 g/mol. The number of hydrogen-bond acceptors (Lipinski definition) is 4. The summed E-state index contributed by atoms with van der Waals surface area (Å²) >= 11 is 0. The molecule has 86 valence electrons. The molecule has 0 spiro atoms. The largest absolute Gasteiger partial charge is 0.380 e. The highest BCUT2D eigenvalue weighted by Gasteiger charge is 2.38. The van der Waals surface area contributed by atoms with Gasteiger partial charge in [-0.15, -0.1) is 0 Å². The van der Waals surface area contributed by atoms with Crippen LogP contribution in [0.25, 0.3) is 0 Å². The monoisotopic (exact) mass is 218 g/mol. The number of rotatable bonds is 2. The normalized spacial score (nSPS) is 33.9. The topological polar surface area (TPSA) is 41.0 Å². The van der Waals surface area contributed by atoms with Gasteiger partial charge in [0.15, 0.2) is 0 Å². The summed E-state index contributed by atoms with van der Waals surface area (Å²) in [5.74, 6) is 0. The molecule has 0 aliphatic carbocycles. The number of hydrogen-bond donors (Lipinski definition) is 1. The Morgan fingerprint density at radius 2 is 1.81 bits per heavy atom. The Hall–Kier alpha value is -1.16. The summed E-state index contributed by atoms with van der Waals surface area (Å²) in [5, 5.41) is 3.55. The van der Waals surface area contributed by atoms with Gasteiger partial charge in [-0.3, -0.25) is 0 Å². The van der Waals surface area contributed by atoms with Gasteiger partial charge in [0, 0.05) is 18.1 Å². The quantitative estimate of drug-likeness (QED) is 0.817. The molecule has 4 nitrogen and oxygen atoms in total. The summed E-state index contributed by atoms with van der Waals surface area (Å²) in [5.41, 5.74) is 1.05. The van der Waals surface area contributed by atoms with E-state index in [0.717, 1.165) is 17.8 Å². The van der Waals surface area contributed by atoms with Crippen molar-refractivity contribution in [2.45, 2.75) is 43.8 Å². The van der Waals surface area contributed by atoms with Crippen LogP contribution in [0, 0.1) is 0 Å². The van der Waals surface area contributed by atoms with Gasteiger partial charge in [-0.2, -0.15) is 0 Å². The Balaban J connectivity index is 1.66. The standard InChI is InChI=1S/C12H18N4/c1-16-11-2-3-12(16)5-9(4-11)15-10-6-13-8-14-7-10/h6-9,11-12,15H,2-5H2,1H3. The van der Waals surface area contributed by atoms with Crippen LogP contribution in [0.4, 0.5) is 5.69 Å². The average Bonchev–Trinajstić information content (AvgIpc) is 2.54. The van der Waals surface area contributed by atoms with E-state index < -0.39 is 0 Å². The fourth-order valence-electron chi connectivity index (χ4n) is 3.14. The van der Waals surface area contributed by atoms with Crippen LogP contribution in [0.5, 0.6) is 0 Å². The third-order valence-electron chi connectivity index (χ3n) is 4.03. The maximum absolute atomic E-state index is 4.03. The Bertz CT molecular complexity index is 339. The molecule has 0 aromatic carbocycles. The fourth-order valence-corrected chi connectivity index (χ4v) is 3.14. The third-order valence-corrected chi connectivity index (χ3v) is 4.03. The highest BCUT2D eigenvalue weighted by atomic mass is 15.2. The first-order chi connectivity index (χ1) is 7.83. The van der Waals surface area contributed by atoms with Crippen LogP contribution in [0.1, 0.15) is 25.7 Å². The maximum atomic E-state index is 4.03. The minimum absolute atomic E-state index is 0.597. The van der Waals surface area contributed by atoms with Crippen molar-refractivity contribution in [3.05, 3.63) is 18.7 Å². The van der Waals surface area contributed by atoms with E-state index in [9.17, 15) is 0 Å². The SMILES string of the molecule is CN1C2CCC1CC(Nc1cncnc1)C2. The molecule has 16 heavy (non-hydrogen) atoms. The van der Waals surface area contributed by atoms with E-state index in [1.807, 2.05) is 12.4 Å². The highest BCUT2D eigenvalue weighted by molar-refractivity contribution is 5.38. The van der Waals surface area contributed by atoms with Crippen molar-refractivity contribution >= 4 is 5.69 Å². The van der Waals surface area contributed by atoms with Crippen LogP contribution in [-0.4, -0.2) is 40.0 Å². The van der Waals surface area contributed by atoms with E-state index in [1.165, 1.54) is 25.7 Å². The van der Waals surface area contributed by atoms with Gasteiger partial charge in [-0.25, -0.2) is 9.97 Å². The Kier molecular flexibility index (Phi) is 2.52. The molecule has 2 aliphatic heterocycles. The van der Waals surface area contributed by atoms with E-state index in [0.29, 0.717) is 6.04 Å². The van der Waals surface area contributed by atoms with Gasteiger partial charge < -0.3 is 10.2 Å². The zero-order chi connectivity index (χ0) is 11.0. The molecule has 0 amide bonds. The minimum Gasteiger partial charge on any atom is -0.380 e. The van der Waals surface area contributed by atoms with Crippen molar-refractivity contribution in [3.63, 3.8) is 0 Å². The molecule has 1 aromatic rings. The highest BCUT2D eigenvalue weighted by Crippen LogP contribution is 2.35. The third kappa shape index (κ3) is 1.78. The molecule has 3 rings (SSSR count). The molecule has 2 unspecified atom stereocenters. The molecule has 2 bridgehead atoms. The first-order valence-corrected chi connectivity index (χ1v) is 6.06. The maximum Gasteiger partial charge on any atom is 0.115 e. The van der Waals surface area contributed by atoms with Gasteiger partial charge >= 0.3 is 0 Å². The lowest BCUT2D eigenvalue weighted by Crippen LogP contribution is -2.44. The number of nitrogens with zero attached hydrogens (tertiary/aromatic N) is 3. The number of piperidine rings is 1.